The van der Waals surface area contributed by atoms with E-state index in [0.717, 1.165) is 22.2 Å². The highest BCUT2D eigenvalue weighted by Gasteiger charge is 2.19. The van der Waals surface area contributed by atoms with Gasteiger partial charge in [0.1, 0.15) is 0 Å². The number of hydrogen-bond donors (Lipinski definition) is 0. The molecular weight excluding hydrogens is 593 g/mol. The first-order chi connectivity index (χ1) is 24.3. The normalized spacial score (nSPS) is 11.7. The van der Waals surface area contributed by atoms with Gasteiger partial charge in [-0.1, -0.05) is 133 Å². The van der Waals surface area contributed by atoms with Crippen LogP contribution in [0.4, 0.5) is 0 Å². The molecule has 10 rings (SSSR count). The van der Waals surface area contributed by atoms with Gasteiger partial charge in [-0.25, -0.2) is 0 Å². The third-order valence-electron chi connectivity index (χ3n) is 10.0. The number of fused-ring (bicyclic) bond motifs is 6. The smallest absolute Gasteiger partial charge is 0.0702 e. The van der Waals surface area contributed by atoms with Gasteiger partial charge >= 0.3 is 0 Å². The van der Waals surface area contributed by atoms with Gasteiger partial charge < -0.3 is 4.57 Å². The SMILES string of the molecule is c1ccc(-c2ccc(-n3c4ccccc4c4cc(-c5c6ccccc6c(-c6cnc7ccccc7c6)c6ccccc56)ccc43)cc2)cc1. The predicted molar refractivity (Wildman–Crippen MR) is 207 cm³/mol. The van der Waals surface area contributed by atoms with Gasteiger partial charge in [-0.05, 0) is 91.8 Å². The van der Waals surface area contributed by atoms with Crippen molar-refractivity contribution in [2.75, 3.05) is 0 Å². The molecule has 0 N–H and O–H groups in total. The molecule has 8 aromatic carbocycles. The standard InChI is InChI=1S/C47H30N2/c1-2-12-31(13-3-1)32-22-25-36(26-23-32)49-44-21-11-9-15-37(44)42-29-34(24-27-45(42)49)46-38-16-5-7-18-40(38)47(41-19-8-6-17-39(41)46)35-28-33-14-4-10-20-43(33)48-30-35/h1-30H. The number of benzene rings is 8. The molecule has 49 heavy (non-hydrogen) atoms. The Hall–Kier alpha value is -6.51. The minimum absolute atomic E-state index is 1.01. The third-order valence-corrected chi connectivity index (χ3v) is 10.0. The maximum atomic E-state index is 4.86. The minimum atomic E-state index is 1.01. The highest BCUT2D eigenvalue weighted by molar-refractivity contribution is 6.22. The lowest BCUT2D eigenvalue weighted by Gasteiger charge is -2.18. The summed E-state index contributed by atoms with van der Waals surface area (Å²) in [6, 6.07) is 63.6. The predicted octanol–water partition coefficient (Wildman–Crippen LogP) is 12.6. The van der Waals surface area contributed by atoms with Crippen molar-refractivity contribution in [3.8, 4) is 39.1 Å². The maximum absolute atomic E-state index is 4.86. The molecule has 0 aliphatic rings. The molecule has 0 radical (unpaired) electrons. The van der Waals surface area contributed by atoms with E-state index in [9.17, 15) is 0 Å². The molecule has 2 nitrogen and oxygen atoms in total. The molecule has 0 aliphatic heterocycles. The fraction of sp³-hybridized carbons (Fsp3) is 0. The van der Waals surface area contributed by atoms with Crippen molar-refractivity contribution in [1.82, 2.24) is 9.55 Å². The van der Waals surface area contributed by atoms with E-state index in [1.54, 1.807) is 0 Å². The van der Waals surface area contributed by atoms with Crippen LogP contribution in [0.15, 0.2) is 182 Å². The van der Waals surface area contributed by atoms with Crippen LogP contribution in [0, 0.1) is 0 Å². The molecule has 0 aliphatic carbocycles. The number of nitrogens with zero attached hydrogens (tertiary/aromatic N) is 2. The molecular formula is C47H30N2. The molecule has 0 amide bonds. The molecule has 2 heterocycles. The topological polar surface area (TPSA) is 17.8 Å². The summed E-state index contributed by atoms with van der Waals surface area (Å²) in [5, 5.41) is 8.58. The van der Waals surface area contributed by atoms with Gasteiger partial charge in [0.05, 0.1) is 16.6 Å². The van der Waals surface area contributed by atoms with E-state index in [0.29, 0.717) is 0 Å². The van der Waals surface area contributed by atoms with Gasteiger partial charge in [0.25, 0.3) is 0 Å². The van der Waals surface area contributed by atoms with Crippen molar-refractivity contribution in [3.63, 3.8) is 0 Å². The Morgan fingerprint density at radius 3 is 1.59 bits per heavy atom. The zero-order valence-electron chi connectivity index (χ0n) is 26.7. The van der Waals surface area contributed by atoms with E-state index >= 15 is 0 Å². The minimum Gasteiger partial charge on any atom is -0.309 e. The van der Waals surface area contributed by atoms with Gasteiger partial charge in [-0.2, -0.15) is 0 Å². The summed E-state index contributed by atoms with van der Waals surface area (Å²) in [5.41, 5.74) is 11.8. The molecule has 0 atom stereocenters. The lowest BCUT2D eigenvalue weighted by molar-refractivity contribution is 1.18. The molecule has 2 aromatic heterocycles. The zero-order chi connectivity index (χ0) is 32.3. The molecule has 0 saturated heterocycles. The second-order valence-electron chi connectivity index (χ2n) is 12.8. The summed E-state index contributed by atoms with van der Waals surface area (Å²) < 4.78 is 2.40. The maximum Gasteiger partial charge on any atom is 0.0702 e. The first-order valence-electron chi connectivity index (χ1n) is 16.8. The van der Waals surface area contributed by atoms with E-state index in [-0.39, 0.29) is 0 Å². The highest BCUT2D eigenvalue weighted by atomic mass is 15.0. The van der Waals surface area contributed by atoms with Crippen LogP contribution in [0.25, 0.3) is 93.3 Å². The second kappa shape index (κ2) is 11.0. The third kappa shape index (κ3) is 4.38. The molecule has 2 heteroatoms. The molecule has 0 unspecified atom stereocenters. The van der Waals surface area contributed by atoms with Crippen LogP contribution in [-0.4, -0.2) is 9.55 Å². The lowest BCUT2D eigenvalue weighted by atomic mass is 9.86. The molecule has 10 aromatic rings. The molecule has 0 fully saturated rings. The Bertz CT molecular complexity index is 2800. The summed E-state index contributed by atoms with van der Waals surface area (Å²) >= 11 is 0. The van der Waals surface area contributed by atoms with Crippen LogP contribution in [0.1, 0.15) is 0 Å². The monoisotopic (exact) mass is 622 g/mol. The molecule has 0 spiro atoms. The van der Waals surface area contributed by atoms with Crippen molar-refractivity contribution < 1.29 is 0 Å². The lowest BCUT2D eigenvalue weighted by Crippen LogP contribution is -1.94. The number of para-hydroxylation sites is 2. The van der Waals surface area contributed by atoms with E-state index < -0.39 is 0 Å². The van der Waals surface area contributed by atoms with Crippen molar-refractivity contribution in [1.29, 1.82) is 0 Å². The van der Waals surface area contributed by atoms with Gasteiger partial charge in [-0.15, -0.1) is 0 Å². The van der Waals surface area contributed by atoms with Crippen molar-refractivity contribution in [2.24, 2.45) is 0 Å². The zero-order valence-corrected chi connectivity index (χ0v) is 26.7. The van der Waals surface area contributed by atoms with E-state index in [1.165, 1.54) is 71.2 Å². The van der Waals surface area contributed by atoms with Crippen LogP contribution >= 0.6 is 0 Å². The van der Waals surface area contributed by atoms with Crippen molar-refractivity contribution >= 4 is 54.3 Å². The largest absolute Gasteiger partial charge is 0.309 e. The molecule has 228 valence electrons. The summed E-state index contributed by atoms with van der Waals surface area (Å²) in [5.74, 6) is 0. The van der Waals surface area contributed by atoms with Gasteiger partial charge in [0.15, 0.2) is 0 Å². The summed E-state index contributed by atoms with van der Waals surface area (Å²) in [6.07, 6.45) is 2.03. The number of hydrogen-bond acceptors (Lipinski definition) is 1. The van der Waals surface area contributed by atoms with Crippen LogP contribution < -0.4 is 0 Å². The number of aromatic nitrogens is 2. The number of pyridine rings is 1. The fourth-order valence-corrected chi connectivity index (χ4v) is 7.80. The Labute approximate surface area is 284 Å². The Kier molecular flexibility index (Phi) is 6.22. The summed E-state index contributed by atoms with van der Waals surface area (Å²) in [4.78, 5) is 4.86. The number of rotatable bonds is 4. The average molecular weight is 623 g/mol. The second-order valence-corrected chi connectivity index (χ2v) is 12.8. The van der Waals surface area contributed by atoms with Gasteiger partial charge in [0, 0.05) is 33.6 Å². The van der Waals surface area contributed by atoms with Crippen LogP contribution in [-0.2, 0) is 0 Å². The van der Waals surface area contributed by atoms with Crippen LogP contribution in [0.2, 0.25) is 0 Å². The highest BCUT2D eigenvalue weighted by Crippen LogP contribution is 2.45. The van der Waals surface area contributed by atoms with Crippen LogP contribution in [0.3, 0.4) is 0 Å². The Morgan fingerprint density at radius 2 is 0.878 bits per heavy atom. The molecule has 0 bridgehead atoms. The van der Waals surface area contributed by atoms with Gasteiger partial charge in [0.2, 0.25) is 0 Å². The fourth-order valence-electron chi connectivity index (χ4n) is 7.80. The van der Waals surface area contributed by atoms with Gasteiger partial charge in [-0.3, -0.25) is 4.98 Å². The average Bonchev–Trinajstić information content (AvgIpc) is 3.51. The van der Waals surface area contributed by atoms with Crippen molar-refractivity contribution in [2.45, 2.75) is 0 Å². The Balaban J connectivity index is 1.20. The van der Waals surface area contributed by atoms with Crippen LogP contribution in [0.5, 0.6) is 0 Å². The summed E-state index contributed by atoms with van der Waals surface area (Å²) in [6.45, 7) is 0. The van der Waals surface area contributed by atoms with Crippen molar-refractivity contribution in [3.05, 3.63) is 182 Å². The molecule has 0 saturated carbocycles. The van der Waals surface area contributed by atoms with E-state index in [1.807, 2.05) is 12.3 Å². The quantitative estimate of drug-likeness (QED) is 0.179. The first kappa shape index (κ1) is 27.6. The Morgan fingerprint density at radius 1 is 0.347 bits per heavy atom. The summed E-state index contributed by atoms with van der Waals surface area (Å²) in [7, 11) is 0. The van der Waals surface area contributed by atoms with E-state index in [4.69, 9.17) is 4.98 Å². The first-order valence-corrected chi connectivity index (χ1v) is 16.8. The van der Waals surface area contributed by atoms with E-state index in [2.05, 4.69) is 174 Å².